The maximum absolute atomic E-state index is 13.1. The highest BCUT2D eigenvalue weighted by Crippen LogP contribution is 2.28. The number of aromatic nitrogens is 2. The number of nitriles is 1. The first-order valence-corrected chi connectivity index (χ1v) is 11.0. The van der Waals surface area contributed by atoms with Gasteiger partial charge in [-0.2, -0.15) is 10.4 Å². The summed E-state index contributed by atoms with van der Waals surface area (Å²) in [6.07, 6.45) is 0. The molecule has 170 valence electrons. The Morgan fingerprint density at radius 2 is 1.85 bits per heavy atom. The van der Waals surface area contributed by atoms with E-state index in [1.165, 1.54) is 5.56 Å². The Bertz CT molecular complexity index is 1120. The van der Waals surface area contributed by atoms with E-state index in [4.69, 9.17) is 4.74 Å². The van der Waals surface area contributed by atoms with Gasteiger partial charge in [0, 0.05) is 32.7 Å². The molecule has 2 unspecified atom stereocenters. The Morgan fingerprint density at radius 3 is 2.52 bits per heavy atom. The van der Waals surface area contributed by atoms with Crippen molar-refractivity contribution in [3.63, 3.8) is 0 Å². The predicted octanol–water partition coefficient (Wildman–Crippen LogP) is 3.29. The van der Waals surface area contributed by atoms with Crippen LogP contribution in [0.4, 0.5) is 10.6 Å². The molecule has 1 fully saturated rings. The molecule has 33 heavy (non-hydrogen) atoms. The zero-order valence-electron chi connectivity index (χ0n) is 18.9. The average Bonchev–Trinajstić information content (AvgIpc) is 3.38. The zero-order valence-corrected chi connectivity index (χ0v) is 18.9. The molecular formula is C25H28N6O2. The Morgan fingerprint density at radius 1 is 1.15 bits per heavy atom. The standard InChI is InChI=1S/C25H28N6O2/c1-18-21(15-26)24(31(29-18)20-11-7-4-8-12-20)28-25(32)27-23-17-30(13-14-33-2)16-22(23)19-9-5-3-6-10-19/h3-12,22-23H,13-14,16-17H2,1-2H3,(H2,27,28,32). The fraction of sp³-hybridized carbons (Fsp3) is 0.320. The minimum atomic E-state index is -0.358. The molecule has 2 aromatic carbocycles. The molecule has 3 aromatic rings. The van der Waals surface area contributed by atoms with Gasteiger partial charge in [-0.05, 0) is 24.6 Å². The van der Waals surface area contributed by atoms with E-state index in [-0.39, 0.29) is 18.0 Å². The number of anilines is 1. The van der Waals surface area contributed by atoms with Crippen LogP contribution in [-0.4, -0.2) is 60.1 Å². The summed E-state index contributed by atoms with van der Waals surface area (Å²) in [4.78, 5) is 15.4. The van der Waals surface area contributed by atoms with Crippen molar-refractivity contribution in [2.45, 2.75) is 18.9 Å². The van der Waals surface area contributed by atoms with E-state index in [9.17, 15) is 10.1 Å². The van der Waals surface area contributed by atoms with Gasteiger partial charge in [0.05, 0.1) is 24.0 Å². The Balaban J connectivity index is 1.55. The lowest BCUT2D eigenvalue weighted by Gasteiger charge is -2.21. The number of urea groups is 1. The van der Waals surface area contributed by atoms with E-state index < -0.39 is 0 Å². The number of hydrogen-bond acceptors (Lipinski definition) is 5. The average molecular weight is 445 g/mol. The maximum Gasteiger partial charge on any atom is 0.320 e. The summed E-state index contributed by atoms with van der Waals surface area (Å²) in [5.74, 6) is 0.522. The molecule has 2 atom stereocenters. The van der Waals surface area contributed by atoms with Crippen LogP contribution in [0.5, 0.6) is 0 Å². The minimum absolute atomic E-state index is 0.0796. The Hall–Kier alpha value is -3.67. The number of rotatable bonds is 7. The Kier molecular flexibility index (Phi) is 7.03. The van der Waals surface area contributed by atoms with Crippen LogP contribution < -0.4 is 10.6 Å². The van der Waals surface area contributed by atoms with Crippen molar-refractivity contribution in [2.24, 2.45) is 0 Å². The van der Waals surface area contributed by atoms with Crippen LogP contribution >= 0.6 is 0 Å². The molecule has 1 saturated heterocycles. The van der Waals surface area contributed by atoms with Crippen molar-refractivity contribution >= 4 is 11.8 Å². The van der Waals surface area contributed by atoms with E-state index in [0.29, 0.717) is 23.7 Å². The molecular weight excluding hydrogens is 416 g/mol. The van der Waals surface area contributed by atoms with E-state index >= 15 is 0 Å². The number of methoxy groups -OCH3 is 1. The first kappa shape index (κ1) is 22.5. The molecule has 8 heteroatoms. The van der Waals surface area contributed by atoms with Gasteiger partial charge in [0.2, 0.25) is 0 Å². The van der Waals surface area contributed by atoms with E-state index in [1.807, 2.05) is 48.5 Å². The van der Waals surface area contributed by atoms with Crippen molar-refractivity contribution < 1.29 is 9.53 Å². The SMILES string of the molecule is COCCN1CC(NC(=O)Nc2c(C#N)c(C)nn2-c2ccccc2)C(c2ccccc2)C1. The number of carbonyl (C=O) groups excluding carboxylic acids is 1. The Labute approximate surface area is 193 Å². The van der Waals surface area contributed by atoms with Crippen LogP contribution in [0, 0.1) is 18.3 Å². The highest BCUT2D eigenvalue weighted by atomic mass is 16.5. The number of aryl methyl sites for hydroxylation is 1. The number of likely N-dealkylation sites (tertiary alicyclic amines) is 1. The molecule has 2 heterocycles. The summed E-state index contributed by atoms with van der Waals surface area (Å²) in [5.41, 5.74) is 2.86. The second-order valence-corrected chi connectivity index (χ2v) is 8.14. The molecule has 0 bridgehead atoms. The molecule has 0 aliphatic carbocycles. The highest BCUT2D eigenvalue weighted by molar-refractivity contribution is 5.90. The van der Waals surface area contributed by atoms with Crippen LogP contribution in [0.1, 0.15) is 22.7 Å². The second-order valence-electron chi connectivity index (χ2n) is 8.14. The van der Waals surface area contributed by atoms with Crippen molar-refractivity contribution in [1.29, 1.82) is 5.26 Å². The monoisotopic (exact) mass is 444 g/mol. The van der Waals surface area contributed by atoms with Gasteiger partial charge in [0.25, 0.3) is 0 Å². The lowest BCUT2D eigenvalue weighted by atomic mass is 9.94. The van der Waals surface area contributed by atoms with Gasteiger partial charge < -0.3 is 10.1 Å². The summed E-state index contributed by atoms with van der Waals surface area (Å²) >= 11 is 0. The van der Waals surface area contributed by atoms with Crippen molar-refractivity contribution in [1.82, 2.24) is 20.0 Å². The highest BCUT2D eigenvalue weighted by Gasteiger charge is 2.35. The summed E-state index contributed by atoms with van der Waals surface area (Å²) in [6.45, 7) is 4.76. The quantitative estimate of drug-likeness (QED) is 0.583. The fourth-order valence-corrected chi connectivity index (χ4v) is 4.32. The first-order valence-electron chi connectivity index (χ1n) is 11.0. The lowest BCUT2D eigenvalue weighted by Crippen LogP contribution is -2.42. The van der Waals surface area contributed by atoms with E-state index in [2.05, 4.69) is 38.8 Å². The molecule has 1 aromatic heterocycles. The number of hydrogen-bond donors (Lipinski definition) is 2. The third-order valence-corrected chi connectivity index (χ3v) is 5.96. The topological polar surface area (TPSA) is 95.2 Å². The van der Waals surface area contributed by atoms with Gasteiger partial charge in [-0.15, -0.1) is 0 Å². The molecule has 0 spiro atoms. The van der Waals surface area contributed by atoms with Crippen molar-refractivity contribution in [3.8, 4) is 11.8 Å². The first-order chi connectivity index (χ1) is 16.1. The van der Waals surface area contributed by atoms with Gasteiger partial charge in [-0.3, -0.25) is 10.2 Å². The number of amides is 2. The van der Waals surface area contributed by atoms with Crippen molar-refractivity contribution in [2.75, 3.05) is 38.7 Å². The molecule has 0 radical (unpaired) electrons. The predicted molar refractivity (Wildman–Crippen MR) is 126 cm³/mol. The molecule has 4 rings (SSSR count). The molecule has 2 N–H and O–H groups in total. The van der Waals surface area contributed by atoms with Crippen LogP contribution in [0.25, 0.3) is 5.69 Å². The van der Waals surface area contributed by atoms with Crippen LogP contribution in [0.15, 0.2) is 60.7 Å². The third-order valence-electron chi connectivity index (χ3n) is 5.96. The van der Waals surface area contributed by atoms with Gasteiger partial charge in [-0.1, -0.05) is 48.5 Å². The second kappa shape index (κ2) is 10.3. The smallest absolute Gasteiger partial charge is 0.320 e. The summed E-state index contributed by atoms with van der Waals surface area (Å²) in [5, 5.41) is 20.2. The van der Waals surface area contributed by atoms with Crippen LogP contribution in [0.3, 0.4) is 0 Å². The number of para-hydroxylation sites is 1. The molecule has 0 saturated carbocycles. The largest absolute Gasteiger partial charge is 0.383 e. The van der Waals surface area contributed by atoms with E-state index in [1.54, 1.807) is 18.7 Å². The fourth-order valence-electron chi connectivity index (χ4n) is 4.32. The normalized spacial score (nSPS) is 18.1. The summed E-state index contributed by atoms with van der Waals surface area (Å²) < 4.78 is 6.84. The van der Waals surface area contributed by atoms with Gasteiger partial charge >= 0.3 is 6.03 Å². The minimum Gasteiger partial charge on any atom is -0.383 e. The number of carbonyl (C=O) groups is 1. The molecule has 1 aliphatic heterocycles. The molecule has 8 nitrogen and oxygen atoms in total. The maximum atomic E-state index is 13.1. The third kappa shape index (κ3) is 5.06. The number of benzene rings is 2. The van der Waals surface area contributed by atoms with Crippen LogP contribution in [0.2, 0.25) is 0 Å². The lowest BCUT2D eigenvalue weighted by molar-refractivity contribution is 0.159. The van der Waals surface area contributed by atoms with Gasteiger partial charge in [0.15, 0.2) is 5.82 Å². The number of nitrogens with one attached hydrogen (secondary N) is 2. The molecule has 2 amide bonds. The number of ether oxygens (including phenoxy) is 1. The molecule has 1 aliphatic rings. The zero-order chi connectivity index (χ0) is 23.2. The summed E-state index contributed by atoms with van der Waals surface area (Å²) in [6, 6.07) is 21.4. The van der Waals surface area contributed by atoms with Crippen LogP contribution in [-0.2, 0) is 4.74 Å². The number of nitrogens with zero attached hydrogens (tertiary/aromatic N) is 4. The van der Waals surface area contributed by atoms with Gasteiger partial charge in [-0.25, -0.2) is 9.48 Å². The summed E-state index contributed by atoms with van der Waals surface area (Å²) in [7, 11) is 1.69. The van der Waals surface area contributed by atoms with Crippen molar-refractivity contribution in [3.05, 3.63) is 77.5 Å². The van der Waals surface area contributed by atoms with E-state index in [0.717, 1.165) is 25.3 Å². The van der Waals surface area contributed by atoms with Gasteiger partial charge in [0.1, 0.15) is 11.6 Å².